The molecule has 1 aliphatic heterocycles. The van der Waals surface area contributed by atoms with Crippen molar-refractivity contribution in [3.05, 3.63) is 198 Å². The Hall–Kier alpha value is -6.37. The second-order valence-corrected chi connectivity index (χ2v) is 18.4. The molecule has 9 aromatic carbocycles. The minimum absolute atomic E-state index is 1.11. The molecule has 0 atom stereocenters. The van der Waals surface area contributed by atoms with Crippen LogP contribution in [-0.4, -0.2) is 12.5 Å². The monoisotopic (exact) mass is 704 g/mol. The zero-order valence-electron chi connectivity index (χ0n) is 30.2. The molecular formula is C53H36S. The highest BCUT2D eigenvalue weighted by Gasteiger charge is 2.33. The van der Waals surface area contributed by atoms with E-state index < -0.39 is 10.0 Å². The van der Waals surface area contributed by atoms with E-state index in [2.05, 4.69) is 194 Å². The molecule has 2 aliphatic rings. The van der Waals surface area contributed by atoms with Gasteiger partial charge in [-0.1, -0.05) is 146 Å². The second-order valence-electron chi connectivity index (χ2n) is 14.9. The molecule has 0 nitrogen and oxygen atoms in total. The van der Waals surface area contributed by atoms with Gasteiger partial charge in [0.1, 0.15) is 0 Å². The van der Waals surface area contributed by atoms with E-state index in [-0.39, 0.29) is 0 Å². The van der Waals surface area contributed by atoms with E-state index in [0.717, 1.165) is 5.22 Å². The summed E-state index contributed by atoms with van der Waals surface area (Å²) in [4.78, 5) is 2.94. The van der Waals surface area contributed by atoms with Gasteiger partial charge in [0.2, 0.25) is 0 Å². The molecule has 1 heterocycles. The molecule has 0 saturated heterocycles. The van der Waals surface area contributed by atoms with Crippen molar-refractivity contribution >= 4 is 64.4 Å². The molecule has 54 heavy (non-hydrogen) atoms. The average molecular weight is 705 g/mol. The lowest BCUT2D eigenvalue weighted by Gasteiger charge is -2.29. The summed E-state index contributed by atoms with van der Waals surface area (Å²) >= 11 is 0. The van der Waals surface area contributed by atoms with Gasteiger partial charge in [0.25, 0.3) is 0 Å². The van der Waals surface area contributed by atoms with Crippen LogP contribution in [0.2, 0.25) is 0 Å². The first-order valence-corrected chi connectivity index (χ1v) is 21.1. The van der Waals surface area contributed by atoms with Crippen LogP contribution in [-0.2, 0) is 0 Å². The maximum absolute atomic E-state index is 3.50. The molecule has 1 aliphatic carbocycles. The summed E-state index contributed by atoms with van der Waals surface area (Å²) in [6.45, 7) is 0. The number of hydrogen-bond donors (Lipinski definition) is 0. The van der Waals surface area contributed by atoms with Crippen LogP contribution in [0.3, 0.4) is 0 Å². The van der Waals surface area contributed by atoms with Crippen LogP contribution in [0.4, 0.5) is 0 Å². The molecule has 0 N–H and O–H groups in total. The molecule has 0 bridgehead atoms. The van der Waals surface area contributed by atoms with E-state index >= 15 is 0 Å². The van der Waals surface area contributed by atoms with Crippen molar-refractivity contribution in [1.29, 1.82) is 0 Å². The molecule has 1 heteroatoms. The SMILES string of the molecule is CS1(C)c2ccccc2-c2cc3c(-c4cccc5ccccc45)c4ccc(C5=c6ccccc6=C=CC=C5)cc4c(-c4cccc5ccccc45)c3cc21. The average Bonchev–Trinajstić information content (AvgIpc) is 3.32. The van der Waals surface area contributed by atoms with Crippen molar-refractivity contribution in [2.75, 3.05) is 12.5 Å². The summed E-state index contributed by atoms with van der Waals surface area (Å²) in [5.41, 5.74) is 13.8. The standard InChI is InChI=1S/C53H36S/c1-54(2)50-28-12-11-25-42(50)46-32-48-49(33-51(46)54)53(44-27-14-20-36-18-5-9-23-40(36)44)47-31-37(41-24-10-6-16-34-15-3-7-21-38(34)41)29-30-45(47)52(48)43-26-13-19-35-17-4-8-22-39(35)43/h3-15,17-33H,1-2H3. The Labute approximate surface area is 316 Å². The van der Waals surface area contributed by atoms with Gasteiger partial charge < -0.3 is 0 Å². The number of hydrogen-bond acceptors (Lipinski definition) is 0. The fourth-order valence-electron chi connectivity index (χ4n) is 9.24. The van der Waals surface area contributed by atoms with Gasteiger partial charge in [-0.3, -0.25) is 0 Å². The number of benzene rings is 9. The highest BCUT2D eigenvalue weighted by molar-refractivity contribution is 8.33. The smallest absolute Gasteiger partial charge is 0.0243 e. The van der Waals surface area contributed by atoms with Gasteiger partial charge in [0.15, 0.2) is 0 Å². The van der Waals surface area contributed by atoms with E-state index in [4.69, 9.17) is 0 Å². The Morgan fingerprint density at radius 1 is 0.426 bits per heavy atom. The largest absolute Gasteiger partial charge is 0.192 e. The van der Waals surface area contributed by atoms with Gasteiger partial charge in [-0.05, 0) is 142 Å². The maximum atomic E-state index is 3.50. The number of allylic oxidation sites excluding steroid dienone is 3. The first-order chi connectivity index (χ1) is 26.6. The topological polar surface area (TPSA) is 0 Å². The quantitative estimate of drug-likeness (QED) is 0.161. The van der Waals surface area contributed by atoms with Gasteiger partial charge in [-0.25, -0.2) is 0 Å². The summed E-state index contributed by atoms with van der Waals surface area (Å²) in [5, 5.41) is 12.5. The van der Waals surface area contributed by atoms with Crippen LogP contribution in [0.1, 0.15) is 5.56 Å². The van der Waals surface area contributed by atoms with Crippen LogP contribution in [0.25, 0.3) is 87.8 Å². The zero-order chi connectivity index (χ0) is 36.0. The van der Waals surface area contributed by atoms with E-state index in [1.54, 1.807) is 0 Å². The van der Waals surface area contributed by atoms with E-state index in [1.165, 1.54) is 103 Å². The summed E-state index contributed by atoms with van der Waals surface area (Å²) in [6, 6.07) is 61.4. The first-order valence-electron chi connectivity index (χ1n) is 18.7. The fraction of sp³-hybridized carbons (Fsp3) is 0.0377. The van der Waals surface area contributed by atoms with Crippen molar-refractivity contribution in [2.24, 2.45) is 0 Å². The summed E-state index contributed by atoms with van der Waals surface area (Å²) in [5.74, 6) is 0. The van der Waals surface area contributed by atoms with Crippen molar-refractivity contribution < 1.29 is 0 Å². The number of rotatable bonds is 3. The molecule has 11 rings (SSSR count). The van der Waals surface area contributed by atoms with Crippen LogP contribution < -0.4 is 10.4 Å². The van der Waals surface area contributed by atoms with E-state index in [0.29, 0.717) is 0 Å². The molecule has 0 saturated carbocycles. The molecule has 254 valence electrons. The van der Waals surface area contributed by atoms with Gasteiger partial charge in [-0.15, -0.1) is 5.73 Å². The highest BCUT2D eigenvalue weighted by atomic mass is 32.3. The summed E-state index contributed by atoms with van der Waals surface area (Å²) in [6.07, 6.45) is 11.4. The zero-order valence-corrected chi connectivity index (χ0v) is 31.0. The molecule has 0 radical (unpaired) electrons. The Balaban J connectivity index is 1.38. The minimum atomic E-state index is -1.25. The van der Waals surface area contributed by atoms with Crippen molar-refractivity contribution in [3.63, 3.8) is 0 Å². The van der Waals surface area contributed by atoms with Crippen molar-refractivity contribution in [3.8, 4) is 33.4 Å². The Morgan fingerprint density at radius 2 is 1.02 bits per heavy atom. The third-order valence-electron chi connectivity index (χ3n) is 11.7. The fourth-order valence-corrected chi connectivity index (χ4v) is 11.8. The third kappa shape index (κ3) is 4.53. The van der Waals surface area contributed by atoms with Crippen LogP contribution >= 0.6 is 10.0 Å². The van der Waals surface area contributed by atoms with Gasteiger partial charge in [0, 0.05) is 15.0 Å². The van der Waals surface area contributed by atoms with Gasteiger partial charge in [-0.2, -0.15) is 10.0 Å². The minimum Gasteiger partial charge on any atom is -0.192 e. The molecule has 9 aromatic rings. The van der Waals surface area contributed by atoms with Crippen molar-refractivity contribution in [1.82, 2.24) is 0 Å². The predicted molar refractivity (Wildman–Crippen MR) is 234 cm³/mol. The van der Waals surface area contributed by atoms with Crippen LogP contribution in [0.5, 0.6) is 0 Å². The van der Waals surface area contributed by atoms with E-state index in [1.807, 2.05) is 6.08 Å². The lowest BCUT2D eigenvalue weighted by molar-refractivity contribution is 1.46. The predicted octanol–water partition coefficient (Wildman–Crippen LogP) is 12.8. The lowest BCUT2D eigenvalue weighted by atomic mass is 9.82. The second kappa shape index (κ2) is 11.8. The Morgan fingerprint density at radius 3 is 1.80 bits per heavy atom. The summed E-state index contributed by atoms with van der Waals surface area (Å²) < 4.78 is 0. The Kier molecular flexibility index (Phi) is 6.83. The molecule has 0 unspecified atom stereocenters. The lowest BCUT2D eigenvalue weighted by Crippen LogP contribution is -2.25. The van der Waals surface area contributed by atoms with Crippen molar-refractivity contribution in [2.45, 2.75) is 9.79 Å². The Bertz CT molecular complexity index is 3270. The molecular weight excluding hydrogens is 669 g/mol. The normalized spacial score (nSPS) is 14.5. The molecule has 0 spiro atoms. The molecule has 0 fully saturated rings. The van der Waals surface area contributed by atoms with Gasteiger partial charge >= 0.3 is 0 Å². The van der Waals surface area contributed by atoms with Crippen LogP contribution in [0.15, 0.2) is 192 Å². The number of fused-ring (bicyclic) bond motifs is 8. The first kappa shape index (κ1) is 31.2. The maximum Gasteiger partial charge on any atom is 0.0243 e. The van der Waals surface area contributed by atoms with Gasteiger partial charge in [0.05, 0.1) is 0 Å². The van der Waals surface area contributed by atoms with E-state index in [9.17, 15) is 0 Å². The third-order valence-corrected chi connectivity index (χ3v) is 14.6. The summed E-state index contributed by atoms with van der Waals surface area (Å²) in [7, 11) is -1.25. The highest BCUT2D eigenvalue weighted by Crippen LogP contribution is 2.68. The molecule has 0 aromatic heterocycles. The molecule has 0 amide bonds. The van der Waals surface area contributed by atoms with Crippen LogP contribution in [0, 0.1) is 0 Å².